The van der Waals surface area contributed by atoms with Crippen LogP contribution in [0.1, 0.15) is 29.9 Å². The van der Waals surface area contributed by atoms with Crippen molar-refractivity contribution in [2.45, 2.75) is 26.8 Å². The van der Waals surface area contributed by atoms with Crippen molar-refractivity contribution in [3.63, 3.8) is 0 Å². The molecule has 1 N–H and O–H groups in total. The summed E-state index contributed by atoms with van der Waals surface area (Å²) in [7, 11) is -3.06. The second-order valence-electron chi connectivity index (χ2n) is 3.62. The summed E-state index contributed by atoms with van der Waals surface area (Å²) < 4.78 is 24.2. The molecule has 17 heavy (non-hydrogen) atoms. The largest absolute Gasteiger partial charge is 0.478 e. The molecule has 0 radical (unpaired) electrons. The third-order valence-corrected chi connectivity index (χ3v) is 4.25. The number of aryl methyl sites for hydroxylation is 1. The summed E-state index contributed by atoms with van der Waals surface area (Å²) in [5.41, 5.74) is 0.699. The monoisotopic (exact) mass is 260 g/mol. The summed E-state index contributed by atoms with van der Waals surface area (Å²) in [6.45, 7) is 3.60. The Bertz CT molecular complexity index is 504. The van der Waals surface area contributed by atoms with Gasteiger partial charge in [0.25, 0.3) is 0 Å². The normalized spacial score (nSPS) is 11.6. The van der Waals surface area contributed by atoms with E-state index in [1.54, 1.807) is 6.92 Å². The van der Waals surface area contributed by atoms with Crippen LogP contribution in [0.4, 0.5) is 0 Å². The molecule has 0 aliphatic rings. The van der Waals surface area contributed by atoms with Crippen molar-refractivity contribution in [1.29, 1.82) is 0 Å². The molecule has 0 aliphatic carbocycles. The van der Waals surface area contributed by atoms with Crippen LogP contribution in [0.25, 0.3) is 0 Å². The Morgan fingerprint density at radius 2 is 2.12 bits per heavy atom. The Morgan fingerprint density at radius 3 is 2.59 bits per heavy atom. The molecule has 1 heterocycles. The zero-order chi connectivity index (χ0) is 13.1. The minimum Gasteiger partial charge on any atom is -0.478 e. The molecule has 0 aliphatic heterocycles. The zero-order valence-corrected chi connectivity index (χ0v) is 10.7. The van der Waals surface area contributed by atoms with Crippen molar-refractivity contribution in [1.82, 2.24) is 9.78 Å². The van der Waals surface area contributed by atoms with Crippen LogP contribution in [0.3, 0.4) is 0 Å². The van der Waals surface area contributed by atoms with Crippen LogP contribution in [-0.4, -0.2) is 40.8 Å². The molecule has 0 aromatic carbocycles. The number of carbonyl (C=O) groups is 1. The lowest BCUT2D eigenvalue weighted by molar-refractivity contribution is 0.0695. The van der Waals surface area contributed by atoms with Gasteiger partial charge in [-0.2, -0.15) is 5.10 Å². The van der Waals surface area contributed by atoms with E-state index in [0.29, 0.717) is 12.1 Å². The molecule has 7 heteroatoms. The first-order valence-electron chi connectivity index (χ1n) is 5.39. The molecule has 0 saturated heterocycles. The second kappa shape index (κ2) is 5.31. The lowest BCUT2D eigenvalue weighted by atomic mass is 10.2. The average molecular weight is 260 g/mol. The molecular formula is C10H16N2O4S. The Kier molecular flexibility index (Phi) is 4.28. The van der Waals surface area contributed by atoms with Crippen molar-refractivity contribution in [3.8, 4) is 0 Å². The molecule has 0 saturated carbocycles. The minimum absolute atomic E-state index is 0.0166. The van der Waals surface area contributed by atoms with Crippen LogP contribution in [0.2, 0.25) is 0 Å². The number of rotatable bonds is 6. The Balaban J connectivity index is 2.89. The molecule has 0 fully saturated rings. The minimum atomic E-state index is -3.06. The van der Waals surface area contributed by atoms with Crippen LogP contribution in [0.15, 0.2) is 6.20 Å². The highest BCUT2D eigenvalue weighted by molar-refractivity contribution is 7.91. The van der Waals surface area contributed by atoms with E-state index < -0.39 is 15.8 Å². The smallest absolute Gasteiger partial charge is 0.339 e. The number of carboxylic acid groups (broad SMARTS) is 1. The summed E-state index contributed by atoms with van der Waals surface area (Å²) in [5.74, 6) is -0.967. The predicted molar refractivity (Wildman–Crippen MR) is 62.9 cm³/mol. The van der Waals surface area contributed by atoms with E-state index in [9.17, 15) is 13.2 Å². The highest BCUT2D eigenvalue weighted by Crippen LogP contribution is 2.10. The first-order valence-corrected chi connectivity index (χ1v) is 7.21. The van der Waals surface area contributed by atoms with Gasteiger partial charge in [0.1, 0.15) is 5.56 Å². The molecule has 96 valence electrons. The number of hydrogen-bond acceptors (Lipinski definition) is 4. The van der Waals surface area contributed by atoms with Crippen LogP contribution in [0.5, 0.6) is 0 Å². The quantitative estimate of drug-likeness (QED) is 0.808. The average Bonchev–Trinajstić information content (AvgIpc) is 2.69. The van der Waals surface area contributed by atoms with Gasteiger partial charge in [-0.1, -0.05) is 13.8 Å². The first-order chi connectivity index (χ1) is 7.91. The van der Waals surface area contributed by atoms with Crippen LogP contribution >= 0.6 is 0 Å². The van der Waals surface area contributed by atoms with Crippen molar-refractivity contribution < 1.29 is 18.3 Å². The molecule has 1 aromatic rings. The highest BCUT2D eigenvalue weighted by atomic mass is 32.2. The maximum atomic E-state index is 11.4. The summed E-state index contributed by atoms with van der Waals surface area (Å²) in [6.07, 6.45) is 1.77. The molecule has 0 amide bonds. The second-order valence-corrected chi connectivity index (χ2v) is 6.10. The Hall–Kier alpha value is -1.37. The molecule has 0 atom stereocenters. The predicted octanol–water partition coefficient (Wildman–Crippen LogP) is 0.578. The van der Waals surface area contributed by atoms with Gasteiger partial charge in [0.2, 0.25) is 0 Å². The fourth-order valence-electron chi connectivity index (χ4n) is 1.52. The summed E-state index contributed by atoms with van der Waals surface area (Å²) in [6, 6.07) is 0. The number of nitrogens with zero attached hydrogens (tertiary/aromatic N) is 2. The van der Waals surface area contributed by atoms with Crippen LogP contribution in [-0.2, 0) is 22.8 Å². The van der Waals surface area contributed by atoms with Crippen molar-refractivity contribution in [3.05, 3.63) is 17.5 Å². The van der Waals surface area contributed by atoms with Gasteiger partial charge in [-0.05, 0) is 6.42 Å². The van der Waals surface area contributed by atoms with Gasteiger partial charge in [0.15, 0.2) is 9.84 Å². The van der Waals surface area contributed by atoms with E-state index in [1.165, 1.54) is 10.9 Å². The first kappa shape index (κ1) is 13.7. The lowest BCUT2D eigenvalue weighted by Gasteiger charge is -2.06. The maximum Gasteiger partial charge on any atom is 0.339 e. The molecule has 1 rings (SSSR count). The zero-order valence-electron chi connectivity index (χ0n) is 9.88. The van der Waals surface area contributed by atoms with Crippen molar-refractivity contribution >= 4 is 15.8 Å². The van der Waals surface area contributed by atoms with Gasteiger partial charge < -0.3 is 5.11 Å². The highest BCUT2D eigenvalue weighted by Gasteiger charge is 2.16. The topological polar surface area (TPSA) is 89.3 Å². The fraction of sp³-hybridized carbons (Fsp3) is 0.600. The number of aromatic nitrogens is 2. The number of aromatic carboxylic acids is 1. The molecule has 6 nitrogen and oxygen atoms in total. The van der Waals surface area contributed by atoms with Gasteiger partial charge in [0.05, 0.1) is 24.2 Å². The number of carboxylic acids is 1. The molecule has 0 unspecified atom stereocenters. The molecular weight excluding hydrogens is 244 g/mol. The third kappa shape index (κ3) is 3.29. The molecule has 0 spiro atoms. The van der Waals surface area contributed by atoms with Crippen molar-refractivity contribution in [2.24, 2.45) is 0 Å². The summed E-state index contributed by atoms with van der Waals surface area (Å²) in [5, 5.41) is 12.8. The van der Waals surface area contributed by atoms with E-state index in [-0.39, 0.29) is 23.6 Å². The van der Waals surface area contributed by atoms with Gasteiger partial charge in [-0.15, -0.1) is 0 Å². The van der Waals surface area contributed by atoms with Gasteiger partial charge in [-0.3, -0.25) is 4.68 Å². The van der Waals surface area contributed by atoms with E-state index in [2.05, 4.69) is 5.10 Å². The van der Waals surface area contributed by atoms with Crippen LogP contribution < -0.4 is 0 Å². The SMILES string of the molecule is CCc1c(C(=O)O)cnn1CCS(=O)(=O)CC. The van der Waals surface area contributed by atoms with Gasteiger partial charge >= 0.3 is 5.97 Å². The standard InChI is InChI=1S/C10H16N2O4S/c1-3-9-8(10(13)14)7-11-12(9)5-6-17(15,16)4-2/h7H,3-6H2,1-2H3,(H,13,14). The lowest BCUT2D eigenvalue weighted by Crippen LogP contribution is -2.17. The third-order valence-electron chi connectivity index (χ3n) is 2.57. The van der Waals surface area contributed by atoms with E-state index in [4.69, 9.17) is 5.11 Å². The van der Waals surface area contributed by atoms with Crippen LogP contribution in [0, 0.1) is 0 Å². The fourth-order valence-corrected chi connectivity index (χ4v) is 2.26. The van der Waals surface area contributed by atoms with Gasteiger partial charge in [-0.25, -0.2) is 13.2 Å². The Morgan fingerprint density at radius 1 is 1.47 bits per heavy atom. The maximum absolute atomic E-state index is 11.4. The van der Waals surface area contributed by atoms with E-state index in [0.717, 1.165) is 0 Å². The summed E-state index contributed by atoms with van der Waals surface area (Å²) >= 11 is 0. The molecule has 0 bridgehead atoms. The number of hydrogen-bond donors (Lipinski definition) is 1. The number of sulfone groups is 1. The van der Waals surface area contributed by atoms with E-state index >= 15 is 0 Å². The van der Waals surface area contributed by atoms with Gasteiger partial charge in [0, 0.05) is 5.75 Å². The summed E-state index contributed by atoms with van der Waals surface area (Å²) in [4.78, 5) is 10.9. The van der Waals surface area contributed by atoms with E-state index in [1.807, 2.05) is 6.92 Å². The van der Waals surface area contributed by atoms with Crippen molar-refractivity contribution in [2.75, 3.05) is 11.5 Å². The molecule has 1 aromatic heterocycles. The Labute approximate surface area is 100 Å².